The fourth-order valence-electron chi connectivity index (χ4n) is 7.81. The van der Waals surface area contributed by atoms with E-state index in [-0.39, 0.29) is 50.3 Å². The summed E-state index contributed by atoms with van der Waals surface area (Å²) in [5.41, 5.74) is 3.62. The second-order valence-corrected chi connectivity index (χ2v) is 16.8. The lowest BCUT2D eigenvalue weighted by atomic mass is 9.87. The number of benzene rings is 2. The average Bonchev–Trinajstić information content (AvgIpc) is 3.71. The third-order valence-corrected chi connectivity index (χ3v) is 11.5. The number of ether oxygens (including phenoxy) is 1. The second kappa shape index (κ2) is 23.6. The van der Waals surface area contributed by atoms with Gasteiger partial charge in [-0.2, -0.15) is 8.78 Å². The highest BCUT2D eigenvalue weighted by atomic mass is 19.3. The van der Waals surface area contributed by atoms with E-state index in [1.165, 1.54) is 43.1 Å². The van der Waals surface area contributed by atoms with Gasteiger partial charge < -0.3 is 25.6 Å². The molecule has 63 heavy (non-hydrogen) atoms. The summed E-state index contributed by atoms with van der Waals surface area (Å²) in [7, 11) is 0. The van der Waals surface area contributed by atoms with Crippen molar-refractivity contribution in [2.45, 2.75) is 117 Å². The zero-order valence-electron chi connectivity index (χ0n) is 36.9. The van der Waals surface area contributed by atoms with Crippen molar-refractivity contribution in [2.24, 2.45) is 23.7 Å². The second-order valence-electron chi connectivity index (χ2n) is 16.8. The molecule has 2 aromatic carbocycles. The molecule has 0 aliphatic carbocycles. The molecule has 1 fully saturated rings. The first-order chi connectivity index (χ1) is 30.0. The molecular formula is C47H60F2N6O8. The Hall–Kier alpha value is -5.77. The molecule has 2 aliphatic heterocycles. The number of hydrogen-bond donors (Lipinski definition) is 3. The van der Waals surface area contributed by atoms with Gasteiger partial charge in [0, 0.05) is 50.0 Å². The van der Waals surface area contributed by atoms with E-state index in [1.54, 1.807) is 65.0 Å². The van der Waals surface area contributed by atoms with Gasteiger partial charge in [0.2, 0.25) is 17.6 Å². The number of ketones is 3. The molecule has 1 saturated heterocycles. The van der Waals surface area contributed by atoms with Crippen molar-refractivity contribution >= 4 is 41.5 Å². The number of likely N-dealkylation sites (tertiary alicyclic amines) is 1. The van der Waals surface area contributed by atoms with Crippen LogP contribution in [-0.4, -0.2) is 93.6 Å². The number of Topliss-reactive ketones (excluding diaryl/α,β-unsaturated/α-hetero) is 3. The van der Waals surface area contributed by atoms with E-state index >= 15 is 8.78 Å². The van der Waals surface area contributed by atoms with Crippen LogP contribution in [0.25, 0.3) is 0 Å². The lowest BCUT2D eigenvalue weighted by Crippen LogP contribution is -2.55. The van der Waals surface area contributed by atoms with Gasteiger partial charge in [-0.25, -0.2) is 4.98 Å². The van der Waals surface area contributed by atoms with Crippen LogP contribution in [0.5, 0.6) is 0 Å². The first-order valence-electron chi connectivity index (χ1n) is 21.6. The van der Waals surface area contributed by atoms with Gasteiger partial charge in [-0.1, -0.05) is 95.6 Å². The monoisotopic (exact) mass is 874 g/mol. The molecule has 3 heterocycles. The smallest absolute Gasteiger partial charge is 0.381 e. The number of hydrogen-bond acceptors (Lipinski definition) is 11. The quantitative estimate of drug-likeness (QED) is 0.0749. The lowest BCUT2D eigenvalue weighted by molar-refractivity contribution is -0.162. The fraction of sp³-hybridized carbons (Fsp3) is 0.511. The SMILES string of the molecule is CCC[C@H](CC(=O)[C@@H]1C[C@@H](OC=O)CN1C(=O)[C@@H](NC(=O)[C@@H](CC(=O)c1cnccn1)C(C)C)C(C)C)C(=O)C(F)(F)C(=O)N[C@@H](C)c1ccccc1.c1ccc2c(c1)CCNC2. The Kier molecular flexibility index (Phi) is 18.7. The molecule has 3 aromatic rings. The van der Waals surface area contributed by atoms with E-state index < -0.39 is 89.4 Å². The van der Waals surface area contributed by atoms with E-state index in [9.17, 15) is 33.6 Å². The molecule has 5 rings (SSSR count). The first-order valence-corrected chi connectivity index (χ1v) is 21.6. The van der Waals surface area contributed by atoms with Crippen molar-refractivity contribution in [3.05, 3.63) is 95.6 Å². The molecule has 1 aromatic heterocycles. The number of fused-ring (bicyclic) bond motifs is 1. The topological polar surface area (TPSA) is 194 Å². The fourth-order valence-corrected chi connectivity index (χ4v) is 7.81. The average molecular weight is 875 g/mol. The van der Waals surface area contributed by atoms with Crippen molar-refractivity contribution in [1.29, 1.82) is 0 Å². The molecule has 0 spiro atoms. The van der Waals surface area contributed by atoms with Crippen LogP contribution >= 0.6 is 0 Å². The maximum absolute atomic E-state index is 15.4. The molecule has 0 unspecified atom stereocenters. The number of halogens is 2. The number of rotatable bonds is 20. The summed E-state index contributed by atoms with van der Waals surface area (Å²) >= 11 is 0. The van der Waals surface area contributed by atoms with Gasteiger partial charge >= 0.3 is 5.92 Å². The number of alkyl halides is 2. The molecule has 2 aliphatic rings. The number of aromatic nitrogens is 2. The number of carbonyl (C=O) groups excluding carboxylic acids is 7. The summed E-state index contributed by atoms with van der Waals surface area (Å²) in [6, 6.07) is 13.7. The minimum atomic E-state index is -4.45. The Morgan fingerprint density at radius 2 is 1.60 bits per heavy atom. The number of nitrogens with zero attached hydrogens (tertiary/aromatic N) is 3. The van der Waals surface area contributed by atoms with Crippen LogP contribution in [0.15, 0.2) is 73.2 Å². The zero-order valence-corrected chi connectivity index (χ0v) is 36.9. The highest BCUT2D eigenvalue weighted by molar-refractivity contribution is 6.09. The largest absolute Gasteiger partial charge is 0.463 e. The Morgan fingerprint density at radius 1 is 0.921 bits per heavy atom. The molecular weight excluding hydrogens is 815 g/mol. The van der Waals surface area contributed by atoms with E-state index in [1.807, 2.05) is 0 Å². The van der Waals surface area contributed by atoms with Crippen molar-refractivity contribution in [3.63, 3.8) is 0 Å². The molecule has 0 bridgehead atoms. The zero-order chi connectivity index (χ0) is 46.3. The highest BCUT2D eigenvalue weighted by Gasteiger charge is 2.51. The highest BCUT2D eigenvalue weighted by Crippen LogP contribution is 2.31. The maximum atomic E-state index is 15.4. The summed E-state index contributed by atoms with van der Waals surface area (Å²) in [5.74, 6) is -13.6. The van der Waals surface area contributed by atoms with Gasteiger partial charge in [0.25, 0.3) is 12.4 Å². The summed E-state index contributed by atoms with van der Waals surface area (Å²) in [6.07, 6.45) is 3.36. The number of carbonyl (C=O) groups is 7. The lowest BCUT2D eigenvalue weighted by Gasteiger charge is -2.32. The van der Waals surface area contributed by atoms with Crippen LogP contribution in [0.3, 0.4) is 0 Å². The third-order valence-electron chi connectivity index (χ3n) is 11.5. The van der Waals surface area contributed by atoms with Gasteiger partial charge in [0.1, 0.15) is 17.8 Å². The van der Waals surface area contributed by atoms with Gasteiger partial charge in [-0.3, -0.25) is 38.5 Å². The maximum Gasteiger partial charge on any atom is 0.381 e. The van der Waals surface area contributed by atoms with Crippen LogP contribution in [0.4, 0.5) is 8.78 Å². The van der Waals surface area contributed by atoms with Crippen LogP contribution in [0.2, 0.25) is 0 Å². The van der Waals surface area contributed by atoms with Crippen LogP contribution < -0.4 is 16.0 Å². The van der Waals surface area contributed by atoms with Crippen LogP contribution in [-0.2, 0) is 46.5 Å². The summed E-state index contributed by atoms with van der Waals surface area (Å²) in [6.45, 7) is 12.1. The molecule has 340 valence electrons. The summed E-state index contributed by atoms with van der Waals surface area (Å²) in [4.78, 5) is 101. The number of nitrogens with one attached hydrogen (secondary N) is 3. The molecule has 16 heteroatoms. The van der Waals surface area contributed by atoms with Crippen molar-refractivity contribution in [1.82, 2.24) is 30.8 Å². The minimum absolute atomic E-state index is 0.0852. The van der Waals surface area contributed by atoms with Crippen molar-refractivity contribution in [3.8, 4) is 0 Å². The summed E-state index contributed by atoms with van der Waals surface area (Å²) < 4.78 is 35.9. The van der Waals surface area contributed by atoms with E-state index in [0.717, 1.165) is 18.0 Å². The van der Waals surface area contributed by atoms with Gasteiger partial charge in [0.15, 0.2) is 11.6 Å². The Bertz CT molecular complexity index is 2010. The third kappa shape index (κ3) is 13.6. The van der Waals surface area contributed by atoms with Gasteiger partial charge in [0.05, 0.1) is 24.8 Å². The van der Waals surface area contributed by atoms with E-state index in [0.29, 0.717) is 5.56 Å². The van der Waals surface area contributed by atoms with E-state index in [4.69, 9.17) is 4.74 Å². The predicted molar refractivity (Wildman–Crippen MR) is 230 cm³/mol. The molecule has 0 saturated carbocycles. The Morgan fingerprint density at radius 3 is 2.21 bits per heavy atom. The number of amides is 3. The summed E-state index contributed by atoms with van der Waals surface area (Å²) in [5, 5.41) is 8.26. The minimum Gasteiger partial charge on any atom is -0.463 e. The predicted octanol–water partition coefficient (Wildman–Crippen LogP) is 5.39. The van der Waals surface area contributed by atoms with Gasteiger partial charge in [-0.15, -0.1) is 0 Å². The molecule has 3 N–H and O–H groups in total. The molecule has 14 nitrogen and oxygen atoms in total. The first kappa shape index (κ1) is 49.9. The van der Waals surface area contributed by atoms with Crippen LogP contribution in [0.1, 0.15) is 107 Å². The van der Waals surface area contributed by atoms with Crippen molar-refractivity contribution < 1.29 is 47.1 Å². The molecule has 6 atom stereocenters. The normalized spacial score (nSPS) is 17.8. The molecule has 3 amide bonds. The van der Waals surface area contributed by atoms with Gasteiger partial charge in [-0.05, 0) is 54.8 Å². The standard InChI is InChI=1S/C38H49F2N5O8.C9H11N/c1-7-11-26(34(49)38(39,40)37(52)43-24(6)25-12-9-8-10-13-25)16-32(48)30-17-27(53-21-46)20-45(30)36(51)33(23(4)5)44-35(50)28(22(2)3)18-31(47)29-19-41-14-15-42-29;1-2-4-9-7-10-6-5-8(9)3-1/h8-10,12-15,19,21-24,26-28,30,33H,7,11,16-18,20H2,1-6H3,(H,43,52)(H,44,50);1-4,10H,5-7H2/t24-,26+,27+,28-,30-,33-;/m0./s1. The Balaban J connectivity index is 0.000000753. The molecule has 0 radical (unpaired) electrons. The van der Waals surface area contributed by atoms with E-state index in [2.05, 4.69) is 50.2 Å². The van der Waals surface area contributed by atoms with Crippen LogP contribution in [0, 0.1) is 23.7 Å². The van der Waals surface area contributed by atoms with Crippen molar-refractivity contribution in [2.75, 3.05) is 13.1 Å². The Labute approximate surface area is 367 Å².